The molecule has 0 radical (unpaired) electrons. The second-order valence-corrected chi connectivity index (χ2v) is 8.97. The van der Waals surface area contributed by atoms with Gasteiger partial charge in [0.2, 0.25) is 0 Å². The maximum atomic E-state index is 12.4. The topological polar surface area (TPSA) is 70.1 Å². The van der Waals surface area contributed by atoms with Gasteiger partial charge in [-0.05, 0) is 74.8 Å². The van der Waals surface area contributed by atoms with Gasteiger partial charge in [0.15, 0.2) is 5.69 Å². The van der Waals surface area contributed by atoms with Crippen molar-refractivity contribution < 1.29 is 4.79 Å². The third-order valence-corrected chi connectivity index (χ3v) is 6.88. The number of rotatable bonds is 4. The molecular weight excluding hydrogens is 336 g/mol. The smallest absolute Gasteiger partial charge is 0.281 e. The van der Waals surface area contributed by atoms with Gasteiger partial charge < -0.3 is 0 Å². The van der Waals surface area contributed by atoms with Crippen LogP contribution in [0, 0.1) is 24.7 Å². The van der Waals surface area contributed by atoms with Crippen LogP contribution in [0.4, 0.5) is 0 Å². The van der Waals surface area contributed by atoms with Crippen molar-refractivity contribution >= 4 is 12.1 Å². The zero-order chi connectivity index (χ0) is 18.4. The van der Waals surface area contributed by atoms with E-state index < -0.39 is 0 Å². The molecule has 2 aromatic rings. The molecule has 6 rings (SSSR count). The summed E-state index contributed by atoms with van der Waals surface area (Å²) in [6, 6.07) is 9.96. The van der Waals surface area contributed by atoms with Gasteiger partial charge >= 0.3 is 0 Å². The fourth-order valence-electron chi connectivity index (χ4n) is 6.03. The van der Waals surface area contributed by atoms with Crippen molar-refractivity contribution in [1.29, 1.82) is 0 Å². The largest absolute Gasteiger partial charge is 0.291 e. The van der Waals surface area contributed by atoms with Crippen LogP contribution in [0.15, 0.2) is 35.4 Å². The average molecular weight is 362 g/mol. The van der Waals surface area contributed by atoms with E-state index in [9.17, 15) is 4.79 Å². The molecule has 0 unspecified atom stereocenters. The molecule has 4 fully saturated rings. The van der Waals surface area contributed by atoms with Gasteiger partial charge in [0, 0.05) is 11.1 Å². The van der Waals surface area contributed by atoms with E-state index in [-0.39, 0.29) is 11.3 Å². The van der Waals surface area contributed by atoms with Crippen molar-refractivity contribution in [1.82, 2.24) is 15.6 Å². The van der Waals surface area contributed by atoms with Gasteiger partial charge in [0.05, 0.1) is 6.21 Å². The quantitative estimate of drug-likeness (QED) is 0.639. The SMILES string of the molecule is Cc1ccc(/C=N/NC(=O)c2cc(C34CC5CC(CC(C5)C3)C4)[nH]n2)cc1. The molecule has 4 saturated carbocycles. The van der Waals surface area contributed by atoms with Crippen molar-refractivity contribution in [3.8, 4) is 0 Å². The minimum atomic E-state index is -0.259. The fraction of sp³-hybridized carbons (Fsp3) is 0.500. The van der Waals surface area contributed by atoms with Crippen LogP contribution in [0.1, 0.15) is 65.8 Å². The predicted octanol–water partition coefficient (Wildman–Crippen LogP) is 3.95. The van der Waals surface area contributed by atoms with Gasteiger partial charge in [-0.3, -0.25) is 9.89 Å². The van der Waals surface area contributed by atoms with E-state index >= 15 is 0 Å². The van der Waals surface area contributed by atoms with Crippen LogP contribution in [0.5, 0.6) is 0 Å². The predicted molar refractivity (Wildman–Crippen MR) is 105 cm³/mol. The van der Waals surface area contributed by atoms with Crippen LogP contribution < -0.4 is 5.43 Å². The first-order valence-electron chi connectivity index (χ1n) is 10.1. The Morgan fingerprint density at radius 3 is 2.41 bits per heavy atom. The number of hydrogen-bond acceptors (Lipinski definition) is 3. The molecule has 1 aromatic carbocycles. The molecule has 0 spiro atoms. The molecule has 4 bridgehead atoms. The van der Waals surface area contributed by atoms with Crippen LogP contribution in [0.25, 0.3) is 0 Å². The van der Waals surface area contributed by atoms with E-state index in [0.29, 0.717) is 5.69 Å². The van der Waals surface area contributed by atoms with E-state index in [2.05, 4.69) is 20.7 Å². The Kier molecular flexibility index (Phi) is 3.92. The number of amides is 1. The minimum Gasteiger partial charge on any atom is -0.281 e. The first kappa shape index (κ1) is 16.7. The first-order chi connectivity index (χ1) is 13.1. The lowest BCUT2D eigenvalue weighted by atomic mass is 9.49. The number of nitrogens with zero attached hydrogens (tertiary/aromatic N) is 2. The molecule has 5 nitrogen and oxygen atoms in total. The van der Waals surface area contributed by atoms with Gasteiger partial charge in [-0.2, -0.15) is 10.2 Å². The van der Waals surface area contributed by atoms with Crippen LogP contribution >= 0.6 is 0 Å². The number of carbonyl (C=O) groups excluding carboxylic acids is 1. The molecule has 140 valence electrons. The lowest BCUT2D eigenvalue weighted by Gasteiger charge is -2.56. The third kappa shape index (κ3) is 3.09. The number of nitrogens with one attached hydrogen (secondary N) is 2. The van der Waals surface area contributed by atoms with Crippen molar-refractivity contribution in [2.24, 2.45) is 22.9 Å². The van der Waals surface area contributed by atoms with Crippen molar-refractivity contribution in [2.75, 3.05) is 0 Å². The summed E-state index contributed by atoms with van der Waals surface area (Å²) in [5, 5.41) is 11.6. The van der Waals surface area contributed by atoms with Gasteiger partial charge in [0.1, 0.15) is 0 Å². The second-order valence-electron chi connectivity index (χ2n) is 8.97. The summed E-state index contributed by atoms with van der Waals surface area (Å²) in [4.78, 5) is 12.4. The highest BCUT2D eigenvalue weighted by atomic mass is 16.2. The van der Waals surface area contributed by atoms with Crippen molar-refractivity contribution in [3.63, 3.8) is 0 Å². The van der Waals surface area contributed by atoms with Crippen LogP contribution in [-0.4, -0.2) is 22.3 Å². The van der Waals surface area contributed by atoms with Crippen LogP contribution in [-0.2, 0) is 5.41 Å². The molecule has 27 heavy (non-hydrogen) atoms. The molecule has 0 aliphatic heterocycles. The Balaban J connectivity index is 1.28. The molecule has 1 amide bonds. The fourth-order valence-corrected chi connectivity index (χ4v) is 6.03. The summed E-state index contributed by atoms with van der Waals surface area (Å²) in [6.07, 6.45) is 9.66. The Bertz CT molecular complexity index is 845. The number of aromatic amines is 1. The van der Waals surface area contributed by atoms with E-state index in [1.807, 2.05) is 37.3 Å². The highest BCUT2D eigenvalue weighted by Gasteiger charge is 2.52. The summed E-state index contributed by atoms with van der Waals surface area (Å²) < 4.78 is 0. The summed E-state index contributed by atoms with van der Waals surface area (Å²) in [5.41, 5.74) is 6.57. The molecular formula is C22H26N4O. The summed E-state index contributed by atoms with van der Waals surface area (Å²) in [5.74, 6) is 2.35. The lowest BCUT2D eigenvalue weighted by Crippen LogP contribution is -2.48. The van der Waals surface area contributed by atoms with E-state index in [1.54, 1.807) is 6.21 Å². The number of hydrazone groups is 1. The van der Waals surface area contributed by atoms with Gasteiger partial charge in [0.25, 0.3) is 5.91 Å². The number of aromatic nitrogens is 2. The Morgan fingerprint density at radius 2 is 1.78 bits per heavy atom. The maximum Gasteiger partial charge on any atom is 0.291 e. The standard InChI is InChI=1S/C22H26N4O/c1-14-2-4-15(5-3-14)13-23-26-21(27)19-9-20(25-24-19)22-10-16-6-17(11-22)8-18(7-16)12-22/h2-5,9,13,16-18H,6-8,10-12H2,1H3,(H,24,25)(H,26,27)/b23-13+. The molecule has 0 saturated heterocycles. The number of carbonyl (C=O) groups is 1. The number of aryl methyl sites for hydroxylation is 1. The maximum absolute atomic E-state index is 12.4. The van der Waals surface area contributed by atoms with E-state index in [4.69, 9.17) is 0 Å². The molecule has 4 aliphatic rings. The highest BCUT2D eigenvalue weighted by Crippen LogP contribution is 2.60. The Hall–Kier alpha value is -2.43. The minimum absolute atomic E-state index is 0.228. The molecule has 0 atom stereocenters. The molecule has 1 aromatic heterocycles. The normalized spacial score (nSPS) is 31.5. The number of benzene rings is 1. The van der Waals surface area contributed by atoms with Crippen molar-refractivity contribution in [2.45, 2.75) is 50.9 Å². The van der Waals surface area contributed by atoms with Gasteiger partial charge in [-0.25, -0.2) is 5.43 Å². The van der Waals surface area contributed by atoms with Crippen molar-refractivity contribution in [3.05, 3.63) is 52.8 Å². The van der Waals surface area contributed by atoms with Crippen LogP contribution in [0.3, 0.4) is 0 Å². The lowest BCUT2D eigenvalue weighted by molar-refractivity contribution is -0.00721. The third-order valence-electron chi connectivity index (χ3n) is 6.88. The second kappa shape index (κ2) is 6.32. The summed E-state index contributed by atoms with van der Waals surface area (Å²) in [7, 11) is 0. The first-order valence-corrected chi connectivity index (χ1v) is 10.1. The Labute approximate surface area is 159 Å². The summed E-state index contributed by atoms with van der Waals surface area (Å²) >= 11 is 0. The van der Waals surface area contributed by atoms with Gasteiger partial charge in [-0.15, -0.1) is 0 Å². The zero-order valence-corrected chi connectivity index (χ0v) is 15.7. The van der Waals surface area contributed by atoms with Crippen LogP contribution in [0.2, 0.25) is 0 Å². The molecule has 1 heterocycles. The van der Waals surface area contributed by atoms with Gasteiger partial charge in [-0.1, -0.05) is 29.8 Å². The zero-order valence-electron chi connectivity index (χ0n) is 15.7. The molecule has 5 heteroatoms. The highest BCUT2D eigenvalue weighted by molar-refractivity contribution is 5.93. The average Bonchev–Trinajstić information content (AvgIpc) is 3.13. The molecule has 4 aliphatic carbocycles. The van der Waals surface area contributed by atoms with E-state index in [0.717, 1.165) is 29.0 Å². The molecule has 2 N–H and O–H groups in total. The summed E-state index contributed by atoms with van der Waals surface area (Å²) in [6.45, 7) is 2.04. The number of hydrogen-bond donors (Lipinski definition) is 2. The van der Waals surface area contributed by atoms with E-state index in [1.165, 1.54) is 44.1 Å². The monoisotopic (exact) mass is 362 g/mol. The Morgan fingerprint density at radius 1 is 1.15 bits per heavy atom. The number of H-pyrrole nitrogens is 1.